The van der Waals surface area contributed by atoms with E-state index in [2.05, 4.69) is 5.32 Å². The van der Waals surface area contributed by atoms with Gasteiger partial charge in [0.2, 0.25) is 5.91 Å². The number of nitrogen functional groups attached to an aromatic ring is 1. The summed E-state index contributed by atoms with van der Waals surface area (Å²) in [5, 5.41) is 2.83. The van der Waals surface area contributed by atoms with Gasteiger partial charge in [0.15, 0.2) is 0 Å². The van der Waals surface area contributed by atoms with Gasteiger partial charge in [0, 0.05) is 12.2 Å². The Hall–Kier alpha value is -1.55. The summed E-state index contributed by atoms with van der Waals surface area (Å²) in [4.78, 5) is 11.6. The molecule has 0 aliphatic heterocycles. The first-order chi connectivity index (χ1) is 8.00. The highest BCUT2D eigenvalue weighted by atomic mass is 16.2. The van der Waals surface area contributed by atoms with Gasteiger partial charge >= 0.3 is 0 Å². The van der Waals surface area contributed by atoms with Crippen molar-refractivity contribution in [1.29, 1.82) is 0 Å². The van der Waals surface area contributed by atoms with E-state index in [0.717, 1.165) is 17.7 Å². The molecule has 0 saturated heterocycles. The van der Waals surface area contributed by atoms with Crippen molar-refractivity contribution in [2.24, 2.45) is 11.7 Å². The van der Waals surface area contributed by atoms with Gasteiger partial charge in [-0.15, -0.1) is 0 Å². The van der Waals surface area contributed by atoms with Gasteiger partial charge in [0.25, 0.3) is 0 Å². The lowest BCUT2D eigenvalue weighted by atomic mass is 10.0. The zero-order chi connectivity index (χ0) is 12.8. The maximum atomic E-state index is 11.6. The average molecular weight is 235 g/mol. The van der Waals surface area contributed by atoms with Gasteiger partial charge in [-0.3, -0.25) is 4.79 Å². The van der Waals surface area contributed by atoms with Crippen LogP contribution in [0.4, 0.5) is 5.69 Å². The molecular formula is C13H21N3O. The predicted molar refractivity (Wildman–Crippen MR) is 70.4 cm³/mol. The molecule has 4 heteroatoms. The number of hydrogen-bond donors (Lipinski definition) is 3. The smallest absolute Gasteiger partial charge is 0.237 e. The average Bonchev–Trinajstić information content (AvgIpc) is 2.30. The maximum Gasteiger partial charge on any atom is 0.237 e. The van der Waals surface area contributed by atoms with Crippen LogP contribution in [0.15, 0.2) is 24.3 Å². The third-order valence-corrected chi connectivity index (χ3v) is 2.71. The summed E-state index contributed by atoms with van der Waals surface area (Å²) in [5.41, 5.74) is 13.2. The first-order valence-corrected chi connectivity index (χ1v) is 5.88. The van der Waals surface area contributed by atoms with E-state index >= 15 is 0 Å². The molecule has 0 aromatic heterocycles. The molecule has 17 heavy (non-hydrogen) atoms. The summed E-state index contributed by atoms with van der Waals surface area (Å²) >= 11 is 0. The maximum absolute atomic E-state index is 11.6. The van der Waals surface area contributed by atoms with Crippen molar-refractivity contribution in [3.63, 3.8) is 0 Å². The lowest BCUT2D eigenvalue weighted by Gasteiger charge is -2.15. The lowest BCUT2D eigenvalue weighted by Crippen LogP contribution is -2.44. The van der Waals surface area contributed by atoms with Gasteiger partial charge in [-0.05, 0) is 30.0 Å². The quantitative estimate of drug-likeness (QED) is 0.664. The molecule has 0 radical (unpaired) electrons. The number of carbonyl (C=O) groups excluding carboxylic acids is 1. The van der Waals surface area contributed by atoms with Crippen molar-refractivity contribution in [3.8, 4) is 0 Å². The Labute approximate surface area is 102 Å². The van der Waals surface area contributed by atoms with Crippen LogP contribution in [0.2, 0.25) is 0 Å². The Bertz CT molecular complexity index is 359. The summed E-state index contributed by atoms with van der Waals surface area (Å²) < 4.78 is 0. The highest BCUT2D eigenvalue weighted by molar-refractivity contribution is 5.81. The third kappa shape index (κ3) is 4.44. The van der Waals surface area contributed by atoms with Crippen LogP contribution < -0.4 is 16.8 Å². The Balaban J connectivity index is 2.33. The van der Waals surface area contributed by atoms with Gasteiger partial charge in [0.05, 0.1) is 6.04 Å². The molecular weight excluding hydrogens is 214 g/mol. The molecule has 5 N–H and O–H groups in total. The molecule has 1 atom stereocenters. The van der Waals surface area contributed by atoms with Gasteiger partial charge < -0.3 is 16.8 Å². The molecule has 1 aromatic rings. The summed E-state index contributed by atoms with van der Waals surface area (Å²) in [5.74, 6) is 0.0713. The molecule has 4 nitrogen and oxygen atoms in total. The van der Waals surface area contributed by atoms with Gasteiger partial charge in [0.1, 0.15) is 0 Å². The van der Waals surface area contributed by atoms with E-state index < -0.39 is 6.04 Å². The molecule has 0 saturated carbocycles. The van der Waals surface area contributed by atoms with Crippen molar-refractivity contribution in [3.05, 3.63) is 29.8 Å². The number of carbonyl (C=O) groups is 1. The van der Waals surface area contributed by atoms with Crippen LogP contribution in [0.3, 0.4) is 0 Å². The minimum absolute atomic E-state index is 0.0876. The number of hydrogen-bond acceptors (Lipinski definition) is 3. The molecule has 0 aliphatic rings. The van der Waals surface area contributed by atoms with Crippen LogP contribution in [0, 0.1) is 5.92 Å². The molecule has 1 unspecified atom stereocenters. The fourth-order valence-electron chi connectivity index (χ4n) is 1.43. The summed E-state index contributed by atoms with van der Waals surface area (Å²) in [7, 11) is 0. The highest BCUT2D eigenvalue weighted by Gasteiger charge is 2.15. The van der Waals surface area contributed by atoms with Crippen LogP contribution in [0.1, 0.15) is 19.4 Å². The van der Waals surface area contributed by atoms with Crippen LogP contribution in [-0.4, -0.2) is 18.5 Å². The SMILES string of the molecule is CC(C)C(N)C(=O)NCCc1ccc(N)cc1. The van der Waals surface area contributed by atoms with E-state index in [4.69, 9.17) is 11.5 Å². The van der Waals surface area contributed by atoms with Gasteiger partial charge in [-0.25, -0.2) is 0 Å². The standard InChI is InChI=1S/C13H21N3O/c1-9(2)12(15)13(17)16-8-7-10-3-5-11(14)6-4-10/h3-6,9,12H,7-8,14-15H2,1-2H3,(H,16,17). The van der Waals surface area contributed by atoms with E-state index in [1.54, 1.807) is 0 Å². The number of benzene rings is 1. The molecule has 0 aliphatic carbocycles. The van der Waals surface area contributed by atoms with Crippen molar-refractivity contribution < 1.29 is 4.79 Å². The summed E-state index contributed by atoms with van der Waals surface area (Å²) in [6.07, 6.45) is 0.789. The molecule has 1 aromatic carbocycles. The zero-order valence-corrected chi connectivity index (χ0v) is 10.4. The van der Waals surface area contributed by atoms with Crippen LogP contribution in [0.5, 0.6) is 0 Å². The second kappa shape index (κ2) is 6.25. The van der Waals surface area contributed by atoms with E-state index in [0.29, 0.717) is 6.54 Å². The van der Waals surface area contributed by atoms with Gasteiger partial charge in [-0.1, -0.05) is 26.0 Å². The first kappa shape index (κ1) is 13.5. The van der Waals surface area contributed by atoms with Crippen LogP contribution in [-0.2, 0) is 11.2 Å². The van der Waals surface area contributed by atoms with Crippen molar-refractivity contribution in [2.45, 2.75) is 26.3 Å². The minimum atomic E-state index is -0.429. The van der Waals surface area contributed by atoms with E-state index in [9.17, 15) is 4.79 Å². The molecule has 0 heterocycles. The number of rotatable bonds is 5. The Morgan fingerprint density at radius 2 is 1.88 bits per heavy atom. The van der Waals surface area contributed by atoms with Crippen LogP contribution in [0.25, 0.3) is 0 Å². The molecule has 0 fully saturated rings. The molecule has 94 valence electrons. The first-order valence-electron chi connectivity index (χ1n) is 5.88. The van der Waals surface area contributed by atoms with E-state index in [1.165, 1.54) is 0 Å². The molecule has 1 rings (SSSR count). The fourth-order valence-corrected chi connectivity index (χ4v) is 1.43. The Kier molecular flexibility index (Phi) is 4.97. The molecule has 0 spiro atoms. The molecule has 1 amide bonds. The number of anilines is 1. The number of amides is 1. The van der Waals surface area contributed by atoms with Gasteiger partial charge in [-0.2, -0.15) is 0 Å². The minimum Gasteiger partial charge on any atom is -0.399 e. The van der Waals surface area contributed by atoms with Crippen molar-refractivity contribution in [2.75, 3.05) is 12.3 Å². The Morgan fingerprint density at radius 3 is 2.41 bits per heavy atom. The Morgan fingerprint density at radius 1 is 1.29 bits per heavy atom. The predicted octanol–water partition coefficient (Wildman–Crippen LogP) is 0.911. The molecule has 0 bridgehead atoms. The number of nitrogens with two attached hydrogens (primary N) is 2. The monoisotopic (exact) mass is 235 g/mol. The normalized spacial score (nSPS) is 12.5. The zero-order valence-electron chi connectivity index (χ0n) is 10.4. The third-order valence-electron chi connectivity index (χ3n) is 2.71. The second-order valence-corrected chi connectivity index (χ2v) is 4.55. The largest absolute Gasteiger partial charge is 0.399 e. The number of nitrogens with one attached hydrogen (secondary N) is 1. The summed E-state index contributed by atoms with van der Waals surface area (Å²) in [6, 6.07) is 7.21. The topological polar surface area (TPSA) is 81.1 Å². The second-order valence-electron chi connectivity index (χ2n) is 4.55. The lowest BCUT2D eigenvalue weighted by molar-refractivity contribution is -0.123. The fraction of sp³-hybridized carbons (Fsp3) is 0.462. The van der Waals surface area contributed by atoms with Crippen LogP contribution >= 0.6 is 0 Å². The van der Waals surface area contributed by atoms with E-state index in [1.807, 2.05) is 38.1 Å². The van der Waals surface area contributed by atoms with Crippen molar-refractivity contribution >= 4 is 11.6 Å². The highest BCUT2D eigenvalue weighted by Crippen LogP contribution is 2.05. The van der Waals surface area contributed by atoms with Crippen molar-refractivity contribution in [1.82, 2.24) is 5.32 Å². The summed E-state index contributed by atoms with van der Waals surface area (Å²) in [6.45, 7) is 4.47. The van der Waals surface area contributed by atoms with E-state index in [-0.39, 0.29) is 11.8 Å².